The van der Waals surface area contributed by atoms with Gasteiger partial charge in [0.25, 0.3) is 5.91 Å². The van der Waals surface area contributed by atoms with Crippen LogP contribution in [0.3, 0.4) is 0 Å². The fraction of sp³-hybridized carbons (Fsp3) is 0.154. The summed E-state index contributed by atoms with van der Waals surface area (Å²) in [7, 11) is 0. The quantitative estimate of drug-likeness (QED) is 0.886. The van der Waals surface area contributed by atoms with Crippen molar-refractivity contribution in [3.8, 4) is 0 Å². The van der Waals surface area contributed by atoms with Crippen LogP contribution in [0.15, 0.2) is 30.5 Å². The molecule has 0 bridgehead atoms. The minimum absolute atomic E-state index is 0.179. The van der Waals surface area contributed by atoms with Crippen LogP contribution in [-0.4, -0.2) is 15.9 Å². The zero-order valence-electron chi connectivity index (χ0n) is 10.2. The van der Waals surface area contributed by atoms with E-state index in [1.54, 1.807) is 0 Å². The normalized spacial score (nSPS) is 10.3. The van der Waals surface area contributed by atoms with Gasteiger partial charge >= 0.3 is 0 Å². The Morgan fingerprint density at radius 1 is 1.37 bits per heavy atom. The van der Waals surface area contributed by atoms with E-state index < -0.39 is 0 Å². The van der Waals surface area contributed by atoms with Gasteiger partial charge in [-0.15, -0.1) is 0 Å². The van der Waals surface area contributed by atoms with Crippen molar-refractivity contribution in [3.63, 3.8) is 0 Å². The van der Waals surface area contributed by atoms with Crippen molar-refractivity contribution in [3.05, 3.63) is 57.6 Å². The zero-order valence-corrected chi connectivity index (χ0v) is 11.7. The van der Waals surface area contributed by atoms with Crippen molar-refractivity contribution < 1.29 is 4.79 Å². The molecule has 0 atom stereocenters. The number of aryl methyl sites for hydroxylation is 1. The van der Waals surface area contributed by atoms with Crippen LogP contribution in [0.1, 0.15) is 21.7 Å². The summed E-state index contributed by atoms with van der Waals surface area (Å²) in [5, 5.41) is 3.18. The van der Waals surface area contributed by atoms with E-state index in [-0.39, 0.29) is 16.1 Å². The molecule has 2 aromatic heterocycles. The molecule has 0 fully saturated rings. The monoisotopic (exact) mass is 295 g/mol. The van der Waals surface area contributed by atoms with Crippen molar-refractivity contribution >= 4 is 29.1 Å². The average Bonchev–Trinajstić information content (AvgIpc) is 2.39. The van der Waals surface area contributed by atoms with Crippen LogP contribution in [0.4, 0.5) is 0 Å². The molecule has 19 heavy (non-hydrogen) atoms. The third-order valence-electron chi connectivity index (χ3n) is 2.43. The highest BCUT2D eigenvalue weighted by Crippen LogP contribution is 2.19. The summed E-state index contributed by atoms with van der Waals surface area (Å²) in [4.78, 5) is 20.0. The molecule has 0 aliphatic carbocycles. The summed E-state index contributed by atoms with van der Waals surface area (Å²) in [6.07, 6.45) is 1.38. The minimum Gasteiger partial charge on any atom is -0.346 e. The molecule has 0 saturated carbocycles. The standard InChI is InChI=1S/C13H11Cl2N3O/c1-8-3-2-4-10(18-8)7-17-13(19)9-5-11(14)12(15)16-6-9/h2-6H,7H2,1H3,(H,17,19). The van der Waals surface area contributed by atoms with E-state index in [2.05, 4.69) is 15.3 Å². The van der Waals surface area contributed by atoms with E-state index in [0.29, 0.717) is 12.1 Å². The van der Waals surface area contributed by atoms with E-state index in [1.165, 1.54) is 12.3 Å². The third kappa shape index (κ3) is 3.66. The number of carbonyl (C=O) groups excluding carboxylic acids is 1. The zero-order chi connectivity index (χ0) is 13.8. The van der Waals surface area contributed by atoms with Crippen molar-refractivity contribution in [1.82, 2.24) is 15.3 Å². The molecule has 1 amide bonds. The number of nitrogens with one attached hydrogen (secondary N) is 1. The second-order valence-corrected chi connectivity index (χ2v) is 4.71. The van der Waals surface area contributed by atoms with Gasteiger partial charge in [0.15, 0.2) is 0 Å². The number of carbonyl (C=O) groups is 1. The lowest BCUT2D eigenvalue weighted by molar-refractivity contribution is 0.0950. The first-order valence-electron chi connectivity index (χ1n) is 5.58. The summed E-state index contributed by atoms with van der Waals surface area (Å²) >= 11 is 11.5. The van der Waals surface area contributed by atoms with E-state index in [1.807, 2.05) is 25.1 Å². The first kappa shape index (κ1) is 13.8. The Labute approximate surface area is 120 Å². The third-order valence-corrected chi connectivity index (χ3v) is 3.12. The van der Waals surface area contributed by atoms with Crippen LogP contribution in [-0.2, 0) is 6.54 Å². The number of pyridine rings is 2. The van der Waals surface area contributed by atoms with Gasteiger partial charge in [-0.25, -0.2) is 4.98 Å². The number of nitrogens with zero attached hydrogens (tertiary/aromatic N) is 2. The van der Waals surface area contributed by atoms with E-state index in [0.717, 1.165) is 11.4 Å². The fourth-order valence-electron chi connectivity index (χ4n) is 1.52. The molecule has 0 aromatic carbocycles. The molecule has 0 aliphatic heterocycles. The Morgan fingerprint density at radius 2 is 2.16 bits per heavy atom. The topological polar surface area (TPSA) is 54.9 Å². The Balaban J connectivity index is 2.03. The fourth-order valence-corrected chi connectivity index (χ4v) is 1.79. The predicted molar refractivity (Wildman–Crippen MR) is 74.4 cm³/mol. The Bertz CT molecular complexity index is 617. The smallest absolute Gasteiger partial charge is 0.253 e. The molecule has 98 valence electrons. The second kappa shape index (κ2) is 5.99. The van der Waals surface area contributed by atoms with Crippen molar-refractivity contribution in [2.24, 2.45) is 0 Å². The van der Waals surface area contributed by atoms with E-state index in [9.17, 15) is 4.79 Å². The number of rotatable bonds is 3. The van der Waals surface area contributed by atoms with Gasteiger partial charge in [0.1, 0.15) is 5.15 Å². The number of halogens is 2. The maximum absolute atomic E-state index is 11.9. The molecule has 0 saturated heterocycles. The van der Waals surface area contributed by atoms with Crippen LogP contribution in [0.5, 0.6) is 0 Å². The lowest BCUT2D eigenvalue weighted by atomic mass is 10.2. The first-order chi connectivity index (χ1) is 9.06. The second-order valence-electron chi connectivity index (χ2n) is 3.95. The summed E-state index contributed by atoms with van der Waals surface area (Å²) in [6.45, 7) is 2.25. The van der Waals surface area contributed by atoms with Crippen LogP contribution in [0.25, 0.3) is 0 Å². The molecule has 0 unspecified atom stereocenters. The van der Waals surface area contributed by atoms with Gasteiger partial charge in [-0.2, -0.15) is 0 Å². The molecule has 0 radical (unpaired) electrons. The Hall–Kier alpha value is -1.65. The van der Waals surface area contributed by atoms with Gasteiger partial charge in [0.05, 0.1) is 22.8 Å². The molecule has 0 spiro atoms. The van der Waals surface area contributed by atoms with Crippen molar-refractivity contribution in [2.75, 3.05) is 0 Å². The van der Waals surface area contributed by atoms with Gasteiger partial charge in [0.2, 0.25) is 0 Å². The minimum atomic E-state index is -0.269. The maximum Gasteiger partial charge on any atom is 0.253 e. The number of hydrogen-bond acceptors (Lipinski definition) is 3. The molecular formula is C13H11Cl2N3O. The van der Waals surface area contributed by atoms with Crippen molar-refractivity contribution in [2.45, 2.75) is 13.5 Å². The molecule has 1 N–H and O–H groups in total. The van der Waals surface area contributed by atoms with Crippen molar-refractivity contribution in [1.29, 1.82) is 0 Å². The summed E-state index contributed by atoms with van der Waals surface area (Å²) in [5.41, 5.74) is 2.06. The summed E-state index contributed by atoms with van der Waals surface area (Å²) in [5.74, 6) is -0.269. The highest BCUT2D eigenvalue weighted by molar-refractivity contribution is 6.41. The number of hydrogen-bond donors (Lipinski definition) is 1. The SMILES string of the molecule is Cc1cccc(CNC(=O)c2cnc(Cl)c(Cl)c2)n1. The van der Waals surface area contributed by atoms with Crippen LogP contribution in [0, 0.1) is 6.92 Å². The van der Waals surface area contributed by atoms with Crippen LogP contribution in [0.2, 0.25) is 10.2 Å². The van der Waals surface area contributed by atoms with Gasteiger partial charge in [-0.1, -0.05) is 29.3 Å². The molecule has 6 heteroatoms. The summed E-state index contributed by atoms with van der Waals surface area (Å²) in [6, 6.07) is 7.12. The largest absolute Gasteiger partial charge is 0.346 e. The Morgan fingerprint density at radius 3 is 2.84 bits per heavy atom. The van der Waals surface area contributed by atoms with Crippen LogP contribution >= 0.6 is 23.2 Å². The molecule has 2 aromatic rings. The predicted octanol–water partition coefficient (Wildman–Crippen LogP) is 3.02. The maximum atomic E-state index is 11.9. The molecule has 0 aliphatic rings. The number of amides is 1. The van der Waals surface area contributed by atoms with Gasteiger partial charge in [0, 0.05) is 11.9 Å². The van der Waals surface area contributed by atoms with Gasteiger partial charge < -0.3 is 5.32 Å². The molecular weight excluding hydrogens is 285 g/mol. The van der Waals surface area contributed by atoms with Gasteiger partial charge in [-0.05, 0) is 25.1 Å². The van der Waals surface area contributed by atoms with E-state index in [4.69, 9.17) is 23.2 Å². The molecule has 4 nitrogen and oxygen atoms in total. The van der Waals surface area contributed by atoms with Gasteiger partial charge in [-0.3, -0.25) is 9.78 Å². The molecule has 2 rings (SSSR count). The lowest BCUT2D eigenvalue weighted by Crippen LogP contribution is -2.23. The highest BCUT2D eigenvalue weighted by Gasteiger charge is 2.09. The number of aromatic nitrogens is 2. The molecule has 2 heterocycles. The average molecular weight is 296 g/mol. The summed E-state index contributed by atoms with van der Waals surface area (Å²) < 4.78 is 0. The lowest BCUT2D eigenvalue weighted by Gasteiger charge is -2.06. The van der Waals surface area contributed by atoms with Crippen LogP contribution < -0.4 is 5.32 Å². The Kier molecular flexibility index (Phi) is 4.35. The highest BCUT2D eigenvalue weighted by atomic mass is 35.5. The first-order valence-corrected chi connectivity index (χ1v) is 6.33. The van der Waals surface area contributed by atoms with E-state index >= 15 is 0 Å².